The van der Waals surface area contributed by atoms with E-state index in [1.165, 1.54) is 4.90 Å². The van der Waals surface area contributed by atoms with Gasteiger partial charge in [-0.1, -0.05) is 0 Å². The molecule has 0 aliphatic carbocycles. The van der Waals surface area contributed by atoms with E-state index in [-0.39, 0.29) is 24.5 Å². The molecule has 6 heteroatoms. The molecule has 2 aliphatic rings. The first kappa shape index (κ1) is 14.3. The maximum atomic E-state index is 12.0. The number of nitrogens with one attached hydrogen (secondary N) is 1. The smallest absolute Gasteiger partial charge is 0.242 e. The van der Waals surface area contributed by atoms with Gasteiger partial charge in [-0.2, -0.15) is 0 Å². The summed E-state index contributed by atoms with van der Waals surface area (Å²) in [6.45, 7) is 4.04. The zero-order valence-electron chi connectivity index (χ0n) is 11.6. The Morgan fingerprint density at radius 1 is 1.37 bits per heavy atom. The molecule has 2 amide bonds. The molecule has 2 saturated heterocycles. The summed E-state index contributed by atoms with van der Waals surface area (Å²) in [4.78, 5) is 27.3. The van der Waals surface area contributed by atoms with E-state index in [0.717, 1.165) is 32.5 Å². The van der Waals surface area contributed by atoms with Gasteiger partial charge in [0.05, 0.1) is 25.7 Å². The molecule has 0 radical (unpaired) electrons. The van der Waals surface area contributed by atoms with Crippen LogP contribution in [0.5, 0.6) is 0 Å². The van der Waals surface area contributed by atoms with Crippen LogP contribution < -0.4 is 5.32 Å². The number of amides is 2. The van der Waals surface area contributed by atoms with Crippen molar-refractivity contribution in [2.75, 3.05) is 46.4 Å². The number of ether oxygens (including phenoxy) is 1. The fraction of sp³-hybridized carbons (Fsp3) is 0.846. The van der Waals surface area contributed by atoms with E-state index >= 15 is 0 Å². The average molecular weight is 269 g/mol. The largest absolute Gasteiger partial charge is 0.375 e. The molecule has 0 spiro atoms. The minimum Gasteiger partial charge on any atom is -0.375 e. The minimum atomic E-state index is -0.0643. The van der Waals surface area contributed by atoms with Crippen LogP contribution >= 0.6 is 0 Å². The van der Waals surface area contributed by atoms with Gasteiger partial charge in [-0.3, -0.25) is 9.59 Å². The van der Waals surface area contributed by atoms with Gasteiger partial charge in [0, 0.05) is 33.2 Å². The number of hydrogen-bond donors (Lipinski definition) is 1. The summed E-state index contributed by atoms with van der Waals surface area (Å²) in [6, 6.07) is 0. The summed E-state index contributed by atoms with van der Waals surface area (Å²) in [7, 11) is 1.69. The number of rotatable bonds is 4. The molecule has 0 saturated carbocycles. The normalized spacial score (nSPS) is 23.4. The van der Waals surface area contributed by atoms with Crippen LogP contribution in [-0.2, 0) is 14.3 Å². The van der Waals surface area contributed by atoms with Crippen molar-refractivity contribution in [1.29, 1.82) is 0 Å². The number of carbonyl (C=O) groups excluding carboxylic acids is 2. The zero-order valence-corrected chi connectivity index (χ0v) is 11.6. The van der Waals surface area contributed by atoms with E-state index in [9.17, 15) is 9.59 Å². The van der Waals surface area contributed by atoms with Gasteiger partial charge in [0.2, 0.25) is 11.8 Å². The second-order valence-electron chi connectivity index (χ2n) is 5.24. The van der Waals surface area contributed by atoms with Gasteiger partial charge in [0.1, 0.15) is 0 Å². The summed E-state index contributed by atoms with van der Waals surface area (Å²) in [5.41, 5.74) is 0. The maximum Gasteiger partial charge on any atom is 0.242 e. The number of hydrogen-bond acceptors (Lipinski definition) is 4. The standard InChI is InChI=1S/C13H23N3O3/c1-15(10-13(18)16-5-2-3-6-16)12(17)8-11-9-14-4-7-19-11/h11,14H,2-10H2,1H3. The van der Waals surface area contributed by atoms with E-state index in [0.29, 0.717) is 19.6 Å². The van der Waals surface area contributed by atoms with Gasteiger partial charge in [-0.15, -0.1) is 0 Å². The van der Waals surface area contributed by atoms with Crippen LogP contribution in [0.25, 0.3) is 0 Å². The van der Waals surface area contributed by atoms with Crippen molar-refractivity contribution < 1.29 is 14.3 Å². The Kier molecular flexibility index (Phi) is 5.15. The molecule has 2 rings (SSSR count). The number of nitrogens with zero attached hydrogens (tertiary/aromatic N) is 2. The van der Waals surface area contributed by atoms with Crippen LogP contribution in [0, 0.1) is 0 Å². The molecule has 19 heavy (non-hydrogen) atoms. The highest BCUT2D eigenvalue weighted by molar-refractivity contribution is 5.85. The first-order valence-corrected chi connectivity index (χ1v) is 7.01. The Morgan fingerprint density at radius 2 is 2.11 bits per heavy atom. The van der Waals surface area contributed by atoms with Crippen molar-refractivity contribution >= 4 is 11.8 Å². The zero-order chi connectivity index (χ0) is 13.7. The number of likely N-dealkylation sites (tertiary alicyclic amines) is 1. The first-order chi connectivity index (χ1) is 9.16. The third-order valence-electron chi connectivity index (χ3n) is 3.66. The van der Waals surface area contributed by atoms with Crippen molar-refractivity contribution in [2.24, 2.45) is 0 Å². The van der Waals surface area contributed by atoms with Crippen LogP contribution in [-0.4, -0.2) is 74.1 Å². The molecule has 6 nitrogen and oxygen atoms in total. The Bertz CT molecular complexity index is 323. The van der Waals surface area contributed by atoms with E-state index in [4.69, 9.17) is 4.74 Å². The predicted molar refractivity (Wildman–Crippen MR) is 70.7 cm³/mol. The molecule has 2 fully saturated rings. The Hall–Kier alpha value is -1.14. The number of morpholine rings is 1. The predicted octanol–water partition coefficient (Wildman–Crippen LogP) is -0.554. The third-order valence-corrected chi connectivity index (χ3v) is 3.66. The number of carbonyl (C=O) groups is 2. The lowest BCUT2D eigenvalue weighted by Gasteiger charge is -2.26. The highest BCUT2D eigenvalue weighted by Crippen LogP contribution is 2.09. The van der Waals surface area contributed by atoms with E-state index in [2.05, 4.69) is 5.32 Å². The lowest BCUT2D eigenvalue weighted by atomic mass is 10.2. The van der Waals surface area contributed by atoms with Crippen molar-refractivity contribution in [2.45, 2.75) is 25.4 Å². The maximum absolute atomic E-state index is 12.0. The molecular formula is C13H23N3O3. The molecule has 2 aliphatic heterocycles. The molecule has 2 heterocycles. The van der Waals surface area contributed by atoms with Gasteiger partial charge < -0.3 is 19.9 Å². The Morgan fingerprint density at radius 3 is 2.74 bits per heavy atom. The van der Waals surface area contributed by atoms with Gasteiger partial charge in [-0.25, -0.2) is 0 Å². The van der Waals surface area contributed by atoms with E-state index in [1.54, 1.807) is 7.05 Å². The van der Waals surface area contributed by atoms with Gasteiger partial charge >= 0.3 is 0 Å². The van der Waals surface area contributed by atoms with Crippen molar-refractivity contribution in [3.63, 3.8) is 0 Å². The average Bonchev–Trinajstić information content (AvgIpc) is 2.93. The van der Waals surface area contributed by atoms with Crippen LogP contribution in [0.1, 0.15) is 19.3 Å². The summed E-state index contributed by atoms with van der Waals surface area (Å²) >= 11 is 0. The fourth-order valence-electron chi connectivity index (χ4n) is 2.46. The summed E-state index contributed by atoms with van der Waals surface area (Å²) in [6.07, 6.45) is 2.43. The molecule has 0 aromatic heterocycles. The molecule has 0 aromatic rings. The Labute approximate surface area is 114 Å². The molecular weight excluding hydrogens is 246 g/mol. The SMILES string of the molecule is CN(CC(=O)N1CCCC1)C(=O)CC1CNCCO1. The molecule has 1 atom stereocenters. The van der Waals surface area contributed by atoms with Crippen LogP contribution in [0.15, 0.2) is 0 Å². The monoisotopic (exact) mass is 269 g/mol. The fourth-order valence-corrected chi connectivity index (χ4v) is 2.46. The van der Waals surface area contributed by atoms with Gasteiger partial charge in [0.15, 0.2) is 0 Å². The number of likely N-dealkylation sites (N-methyl/N-ethyl adjacent to an activating group) is 1. The lowest BCUT2D eigenvalue weighted by Crippen LogP contribution is -2.44. The quantitative estimate of drug-likeness (QED) is 0.743. The topological polar surface area (TPSA) is 61.9 Å². The Balaban J connectivity index is 1.73. The molecule has 108 valence electrons. The third kappa shape index (κ3) is 4.18. The highest BCUT2D eigenvalue weighted by atomic mass is 16.5. The molecule has 0 bridgehead atoms. The van der Waals surface area contributed by atoms with Crippen molar-refractivity contribution in [3.8, 4) is 0 Å². The van der Waals surface area contributed by atoms with E-state index < -0.39 is 0 Å². The van der Waals surface area contributed by atoms with Crippen LogP contribution in [0.3, 0.4) is 0 Å². The second kappa shape index (κ2) is 6.86. The second-order valence-corrected chi connectivity index (χ2v) is 5.24. The summed E-state index contributed by atoms with van der Waals surface area (Å²) in [5.74, 6) is 0.0253. The van der Waals surface area contributed by atoms with Crippen LogP contribution in [0.2, 0.25) is 0 Å². The molecule has 0 aromatic carbocycles. The van der Waals surface area contributed by atoms with Crippen molar-refractivity contribution in [3.05, 3.63) is 0 Å². The first-order valence-electron chi connectivity index (χ1n) is 7.01. The molecule has 1 N–H and O–H groups in total. The van der Waals surface area contributed by atoms with Gasteiger partial charge in [-0.05, 0) is 12.8 Å². The van der Waals surface area contributed by atoms with Gasteiger partial charge in [0.25, 0.3) is 0 Å². The summed E-state index contributed by atoms with van der Waals surface area (Å²) < 4.78 is 5.50. The van der Waals surface area contributed by atoms with E-state index in [1.807, 2.05) is 4.90 Å². The van der Waals surface area contributed by atoms with Crippen LogP contribution in [0.4, 0.5) is 0 Å². The summed E-state index contributed by atoms with van der Waals surface area (Å²) in [5, 5.41) is 3.19. The lowest BCUT2D eigenvalue weighted by molar-refractivity contribution is -0.140. The highest BCUT2D eigenvalue weighted by Gasteiger charge is 2.23. The molecule has 1 unspecified atom stereocenters. The minimum absolute atomic E-state index is 0.0266. The van der Waals surface area contributed by atoms with Crippen molar-refractivity contribution in [1.82, 2.24) is 15.1 Å².